The number of carbonyl (C=O) groups is 1. The smallest absolute Gasteiger partial charge is 0.455 e. The van der Waals surface area contributed by atoms with Crippen LogP contribution in [0.25, 0.3) is 32.9 Å². The van der Waals surface area contributed by atoms with Crippen LogP contribution in [0.1, 0.15) is 42.3 Å². The minimum Gasteiger partial charge on any atom is -0.506 e. The summed E-state index contributed by atoms with van der Waals surface area (Å²) in [5, 5.41) is 17.5. The predicted octanol–water partition coefficient (Wildman–Crippen LogP) is 13.1. The summed E-state index contributed by atoms with van der Waals surface area (Å²) in [7, 11) is -5.57. The molecule has 1 radical (unpaired) electrons. The first kappa shape index (κ1) is 52.8. The molecule has 0 bridgehead atoms. The van der Waals surface area contributed by atoms with Crippen LogP contribution in [0.4, 0.5) is 13.2 Å². The van der Waals surface area contributed by atoms with Gasteiger partial charge in [-0.15, -0.1) is 0 Å². The van der Waals surface area contributed by atoms with Crippen LogP contribution in [-0.4, -0.2) is 17.1 Å². The third-order valence-electron chi connectivity index (χ3n) is 12.5. The van der Waals surface area contributed by atoms with Crippen LogP contribution in [0.5, 0.6) is 5.75 Å². The van der Waals surface area contributed by atoms with Crippen molar-refractivity contribution in [2.24, 2.45) is 0 Å². The first-order chi connectivity index (χ1) is 33.6. The van der Waals surface area contributed by atoms with Gasteiger partial charge in [0.15, 0.2) is 19.8 Å². The molecular formula is C59H47EuF3O6P2. The first-order valence-electron chi connectivity index (χ1n) is 22.3. The Kier molecular flexibility index (Phi) is 16.2. The maximum atomic E-state index is 13.8. The number of ketones is 1. The number of hydrogen-bond acceptors (Lipinski definition) is 6. The predicted molar refractivity (Wildman–Crippen MR) is 279 cm³/mol. The van der Waals surface area contributed by atoms with Crippen molar-refractivity contribution in [2.75, 3.05) is 0 Å². The van der Waals surface area contributed by atoms with Crippen LogP contribution in [0, 0.1) is 49.4 Å². The Bertz CT molecular complexity index is 3430. The second kappa shape index (κ2) is 21.8. The summed E-state index contributed by atoms with van der Waals surface area (Å²) in [6.07, 6.45) is -1.74. The fraction of sp³-hybridized carbons (Fsp3) is 0.0847. The molecule has 0 amide bonds. The zero-order chi connectivity index (χ0) is 49.8. The van der Waals surface area contributed by atoms with Gasteiger partial charge in [0.1, 0.15) is 11.3 Å². The summed E-state index contributed by atoms with van der Waals surface area (Å²) in [4.78, 5) is 23.8. The number of carbonyl (C=O) groups excluding carboxylic acids is 1. The summed E-state index contributed by atoms with van der Waals surface area (Å²) in [5.41, 5.74) is -0.0862. The molecule has 1 aliphatic carbocycles. The summed E-state index contributed by atoms with van der Waals surface area (Å²) in [6.45, 7) is 9.73. The van der Waals surface area contributed by atoms with Crippen molar-refractivity contribution in [3.8, 4) is 16.9 Å². The molecule has 1 aliphatic rings. The summed E-state index contributed by atoms with van der Waals surface area (Å²) in [6, 6.07) is 63.1. The van der Waals surface area contributed by atoms with Crippen molar-refractivity contribution >= 4 is 68.3 Å². The Balaban J connectivity index is 0.000000163. The molecule has 1 aromatic heterocycles. The number of alkyl halides is 3. The Morgan fingerprint density at radius 2 is 1.06 bits per heavy atom. The quantitative estimate of drug-likeness (QED) is 0.0704. The average Bonchev–Trinajstić information content (AvgIpc) is 3.62. The number of benzene rings is 8. The number of halogens is 3. The Hall–Kier alpha value is -5.99. The molecule has 0 saturated heterocycles. The van der Waals surface area contributed by atoms with E-state index >= 15 is 0 Å². The van der Waals surface area contributed by atoms with E-state index in [1.807, 2.05) is 215 Å². The second-order valence-electron chi connectivity index (χ2n) is 17.0. The number of fused-ring (bicyclic) bond motifs is 6. The van der Waals surface area contributed by atoms with E-state index in [1.54, 1.807) is 12.1 Å². The molecule has 8 aromatic carbocycles. The number of rotatable bonds is 8. The van der Waals surface area contributed by atoms with Gasteiger partial charge in [-0.3, -0.25) is 4.79 Å². The van der Waals surface area contributed by atoms with Gasteiger partial charge in [0.2, 0.25) is 0 Å². The SMILES string of the molecule is C=C/C(=C\C)P(=O)(c1ccccc1)c1ccccc1.CC1(C)c2cc3oc(=O)c(C(=O)C(F)(F)F)c(O)c3cc2-c2ccc3ccccc3c21.O=P(c1ccccc1)(c1ccccc1)c1ccccc1.[Eu]. The maximum Gasteiger partial charge on any atom is 0.455 e. The van der Waals surface area contributed by atoms with Crippen LogP contribution in [-0.2, 0) is 14.5 Å². The molecule has 0 spiro atoms. The topological polar surface area (TPSA) is 102 Å². The van der Waals surface area contributed by atoms with Crippen molar-refractivity contribution in [3.05, 3.63) is 251 Å². The zero-order valence-corrected chi connectivity index (χ0v) is 43.0. The molecule has 71 heavy (non-hydrogen) atoms. The summed E-state index contributed by atoms with van der Waals surface area (Å²) in [5.74, 6) is -3.46. The third kappa shape index (κ3) is 10.1. The summed E-state index contributed by atoms with van der Waals surface area (Å²) < 4.78 is 71.3. The van der Waals surface area contributed by atoms with E-state index in [2.05, 4.69) is 6.58 Å². The number of hydrogen-bond donors (Lipinski definition) is 1. The van der Waals surface area contributed by atoms with Crippen LogP contribution >= 0.6 is 14.3 Å². The van der Waals surface area contributed by atoms with Crippen molar-refractivity contribution < 1.29 is 86.0 Å². The average molecular weight is 1120 g/mol. The normalized spacial score (nSPS) is 12.8. The first-order valence-corrected chi connectivity index (χ1v) is 25.7. The van der Waals surface area contributed by atoms with Crippen molar-refractivity contribution in [2.45, 2.75) is 32.4 Å². The standard InChI is InChI=1S/C24H15F3O4.C18H15OP.C17H17OP.Eu/c1-23(2)16-10-17-15(20(28)18(22(30)31-17)21(29)24(25,26)27)9-14(16)13-8-7-11-5-3-4-6-12(11)19(13)23;19-20(16-10-4-1-5-11-16,17-12-6-2-7-13-17)18-14-8-3-9-15-18;1-3-15(4-2)19(18,16-11-7-5-8-12-16)17-13-9-6-10-14-17;/h3-10,28H,1-2H3;1-15H;3-14H,1H2,2H3;/b;;15-4+;. The van der Waals surface area contributed by atoms with Gasteiger partial charge in [0, 0.05) is 86.6 Å². The number of Topliss-reactive ketones (excluding diaryl/α,β-unsaturated/α-hetero) is 1. The molecule has 10 rings (SSSR count). The number of aromatic hydroxyl groups is 1. The molecule has 0 fully saturated rings. The molecule has 0 unspecified atom stereocenters. The molecule has 0 aliphatic heterocycles. The second-order valence-corrected chi connectivity index (χ2v) is 22.5. The molecule has 12 heteroatoms. The molecule has 9 aromatic rings. The molecule has 0 saturated carbocycles. The number of allylic oxidation sites excluding steroid dienone is 3. The van der Waals surface area contributed by atoms with Crippen molar-refractivity contribution in [1.82, 2.24) is 0 Å². The molecular weight excluding hydrogens is 1080 g/mol. The van der Waals surface area contributed by atoms with Crippen molar-refractivity contribution in [3.63, 3.8) is 0 Å². The Morgan fingerprint density at radius 3 is 1.49 bits per heavy atom. The van der Waals surface area contributed by atoms with Crippen molar-refractivity contribution in [1.29, 1.82) is 0 Å². The van der Waals surface area contributed by atoms with E-state index < -0.39 is 48.6 Å². The van der Waals surface area contributed by atoms with Gasteiger partial charge in [0.25, 0.3) is 5.78 Å². The van der Waals surface area contributed by atoms with E-state index in [0.717, 1.165) is 59.3 Å². The van der Waals surface area contributed by atoms with Gasteiger partial charge in [0.05, 0.1) is 5.39 Å². The van der Waals surface area contributed by atoms with E-state index in [9.17, 15) is 37.0 Å². The Morgan fingerprint density at radius 1 is 0.620 bits per heavy atom. The summed E-state index contributed by atoms with van der Waals surface area (Å²) >= 11 is 0. The zero-order valence-electron chi connectivity index (χ0n) is 38.8. The van der Waals surface area contributed by atoms with E-state index in [0.29, 0.717) is 5.56 Å². The van der Waals surface area contributed by atoms with Gasteiger partial charge >= 0.3 is 11.8 Å². The van der Waals surface area contributed by atoms with E-state index in [4.69, 9.17) is 4.42 Å². The van der Waals surface area contributed by atoms with Gasteiger partial charge in [-0.1, -0.05) is 221 Å². The van der Waals surface area contributed by atoms with Gasteiger partial charge in [-0.05, 0) is 52.1 Å². The molecule has 1 N–H and O–H groups in total. The van der Waals surface area contributed by atoms with Gasteiger partial charge in [-0.25, -0.2) is 4.79 Å². The minimum atomic E-state index is -5.32. The fourth-order valence-corrected chi connectivity index (χ4v) is 14.5. The fourth-order valence-electron chi connectivity index (χ4n) is 9.13. The monoisotopic (exact) mass is 1120 g/mol. The third-order valence-corrected chi connectivity index (χ3v) is 18.8. The van der Waals surface area contributed by atoms with Crippen LogP contribution in [0.2, 0.25) is 0 Å². The molecule has 0 atom stereocenters. The Labute approximate surface area is 450 Å². The minimum absolute atomic E-state index is 0. The molecule has 6 nitrogen and oxygen atoms in total. The molecule has 357 valence electrons. The largest absolute Gasteiger partial charge is 0.506 e. The maximum absolute atomic E-state index is 13.8. The molecule has 1 heterocycles. The van der Waals surface area contributed by atoms with E-state index in [1.165, 1.54) is 6.07 Å². The van der Waals surface area contributed by atoms with Crippen LogP contribution in [0.3, 0.4) is 0 Å². The van der Waals surface area contributed by atoms with E-state index in [-0.39, 0.29) is 60.3 Å². The van der Waals surface area contributed by atoms with Crippen LogP contribution < -0.4 is 32.1 Å². The van der Waals surface area contributed by atoms with Gasteiger partial charge in [-0.2, -0.15) is 13.2 Å². The van der Waals surface area contributed by atoms with Crippen LogP contribution in [0.15, 0.2) is 233 Å². The van der Waals surface area contributed by atoms with Gasteiger partial charge < -0.3 is 18.7 Å².